The van der Waals surface area contributed by atoms with Crippen molar-refractivity contribution in [1.29, 1.82) is 0 Å². The second kappa shape index (κ2) is 7.23. The Morgan fingerprint density at radius 3 is 2.86 bits per heavy atom. The SMILES string of the molecule is O=C(O)N1CCn2c(c(-c3cnn(C4CCCCO4)c3)c3ccc(Cl)c(Cl)c32)C1. The molecule has 2 aliphatic rings. The van der Waals surface area contributed by atoms with Crippen LogP contribution in [0.1, 0.15) is 31.2 Å². The Morgan fingerprint density at radius 2 is 2.10 bits per heavy atom. The number of rotatable bonds is 2. The largest absolute Gasteiger partial charge is 0.465 e. The topological polar surface area (TPSA) is 72.5 Å². The Morgan fingerprint density at radius 1 is 1.24 bits per heavy atom. The molecule has 2 aliphatic heterocycles. The molecule has 0 radical (unpaired) electrons. The summed E-state index contributed by atoms with van der Waals surface area (Å²) in [4.78, 5) is 13.0. The van der Waals surface area contributed by atoms with Gasteiger partial charge in [-0.15, -0.1) is 0 Å². The zero-order valence-corrected chi connectivity index (χ0v) is 17.2. The summed E-state index contributed by atoms with van der Waals surface area (Å²) in [5.41, 5.74) is 3.62. The number of fused-ring (bicyclic) bond motifs is 3. The van der Waals surface area contributed by atoms with Gasteiger partial charge in [-0.3, -0.25) is 0 Å². The van der Waals surface area contributed by atoms with Crippen LogP contribution in [0.15, 0.2) is 24.5 Å². The molecule has 0 saturated carbocycles. The number of halogens is 2. The van der Waals surface area contributed by atoms with Gasteiger partial charge in [-0.05, 0) is 25.3 Å². The van der Waals surface area contributed by atoms with Crippen molar-refractivity contribution < 1.29 is 14.6 Å². The van der Waals surface area contributed by atoms with Gasteiger partial charge >= 0.3 is 6.09 Å². The van der Waals surface area contributed by atoms with Gasteiger partial charge < -0.3 is 19.3 Å². The fourth-order valence-corrected chi connectivity index (χ4v) is 4.78. The van der Waals surface area contributed by atoms with Gasteiger partial charge in [0.15, 0.2) is 0 Å². The highest BCUT2D eigenvalue weighted by Gasteiger charge is 2.29. The van der Waals surface area contributed by atoms with Crippen LogP contribution in [0.2, 0.25) is 10.0 Å². The van der Waals surface area contributed by atoms with E-state index in [1.807, 2.05) is 23.1 Å². The van der Waals surface area contributed by atoms with Gasteiger partial charge in [0.25, 0.3) is 0 Å². The molecule has 0 spiro atoms. The maximum atomic E-state index is 11.6. The van der Waals surface area contributed by atoms with E-state index in [2.05, 4.69) is 9.67 Å². The van der Waals surface area contributed by atoms with E-state index in [-0.39, 0.29) is 6.23 Å². The number of benzene rings is 1. The van der Waals surface area contributed by atoms with Crippen LogP contribution in [-0.4, -0.2) is 43.6 Å². The van der Waals surface area contributed by atoms with Crippen molar-refractivity contribution in [2.75, 3.05) is 13.2 Å². The highest BCUT2D eigenvalue weighted by Crippen LogP contribution is 2.42. The summed E-state index contributed by atoms with van der Waals surface area (Å²) in [7, 11) is 0. The zero-order chi connectivity index (χ0) is 20.1. The van der Waals surface area contributed by atoms with E-state index in [9.17, 15) is 9.90 Å². The van der Waals surface area contributed by atoms with Crippen molar-refractivity contribution in [3.05, 3.63) is 40.3 Å². The van der Waals surface area contributed by atoms with E-state index >= 15 is 0 Å². The fourth-order valence-electron chi connectivity index (χ4n) is 4.37. The molecule has 0 bridgehead atoms. The summed E-state index contributed by atoms with van der Waals surface area (Å²) in [5.74, 6) is 0. The summed E-state index contributed by atoms with van der Waals surface area (Å²) in [6.45, 7) is 1.96. The predicted molar refractivity (Wildman–Crippen MR) is 110 cm³/mol. The van der Waals surface area contributed by atoms with E-state index in [0.29, 0.717) is 29.7 Å². The van der Waals surface area contributed by atoms with Gasteiger partial charge in [-0.1, -0.05) is 29.3 Å². The third kappa shape index (κ3) is 3.08. The third-order valence-corrected chi connectivity index (χ3v) is 6.56. The van der Waals surface area contributed by atoms with Crippen molar-refractivity contribution in [2.24, 2.45) is 0 Å². The number of ether oxygens (including phenoxy) is 1. The average Bonchev–Trinajstić information content (AvgIpc) is 3.33. The first-order valence-corrected chi connectivity index (χ1v) is 10.4. The number of amides is 1. The van der Waals surface area contributed by atoms with Gasteiger partial charge in [0.1, 0.15) is 6.23 Å². The van der Waals surface area contributed by atoms with Gasteiger partial charge in [-0.2, -0.15) is 5.10 Å². The number of hydrogen-bond donors (Lipinski definition) is 1. The Hall–Kier alpha value is -2.22. The molecule has 1 saturated heterocycles. The predicted octanol–water partition coefficient (Wildman–Crippen LogP) is 5.00. The fraction of sp³-hybridized carbons (Fsp3) is 0.400. The van der Waals surface area contributed by atoms with Gasteiger partial charge in [-0.25, -0.2) is 9.48 Å². The number of aromatic nitrogens is 3. The molecule has 1 amide bonds. The Bertz CT molecular complexity index is 1100. The first-order chi connectivity index (χ1) is 14.0. The van der Waals surface area contributed by atoms with Crippen molar-refractivity contribution >= 4 is 40.2 Å². The highest BCUT2D eigenvalue weighted by molar-refractivity contribution is 6.45. The highest BCUT2D eigenvalue weighted by atomic mass is 35.5. The second-order valence-corrected chi connectivity index (χ2v) is 8.25. The van der Waals surface area contributed by atoms with E-state index in [4.69, 9.17) is 27.9 Å². The molecule has 1 unspecified atom stereocenters. The van der Waals surface area contributed by atoms with Crippen molar-refractivity contribution in [1.82, 2.24) is 19.2 Å². The lowest BCUT2D eigenvalue weighted by molar-refractivity contribution is -0.0394. The molecular weight excluding hydrogens is 415 g/mol. The second-order valence-electron chi connectivity index (χ2n) is 7.47. The lowest BCUT2D eigenvalue weighted by atomic mass is 10.0. The van der Waals surface area contributed by atoms with E-state index < -0.39 is 6.09 Å². The van der Waals surface area contributed by atoms with Crippen LogP contribution in [0.25, 0.3) is 22.0 Å². The number of hydrogen-bond acceptors (Lipinski definition) is 3. The molecule has 0 aliphatic carbocycles. The van der Waals surface area contributed by atoms with Crippen LogP contribution in [0, 0.1) is 0 Å². The van der Waals surface area contributed by atoms with Crippen LogP contribution in [0.3, 0.4) is 0 Å². The molecule has 152 valence electrons. The number of carbonyl (C=O) groups is 1. The molecule has 1 N–H and O–H groups in total. The van der Waals surface area contributed by atoms with Gasteiger partial charge in [0.2, 0.25) is 0 Å². The molecule has 9 heteroatoms. The lowest BCUT2D eigenvalue weighted by Crippen LogP contribution is -2.37. The molecule has 2 aromatic heterocycles. The third-order valence-electron chi connectivity index (χ3n) is 5.77. The van der Waals surface area contributed by atoms with Crippen LogP contribution < -0.4 is 0 Å². The monoisotopic (exact) mass is 434 g/mol. The molecule has 3 aromatic rings. The van der Waals surface area contributed by atoms with Crippen molar-refractivity contribution in [3.8, 4) is 11.1 Å². The van der Waals surface area contributed by atoms with Gasteiger partial charge in [0, 0.05) is 48.1 Å². The smallest absolute Gasteiger partial charge is 0.407 e. The van der Waals surface area contributed by atoms with Crippen molar-refractivity contribution in [2.45, 2.75) is 38.6 Å². The van der Waals surface area contributed by atoms with Crippen molar-refractivity contribution in [3.63, 3.8) is 0 Å². The maximum absolute atomic E-state index is 11.6. The Balaban J connectivity index is 1.67. The number of nitrogens with zero attached hydrogens (tertiary/aromatic N) is 4. The summed E-state index contributed by atoms with van der Waals surface area (Å²) >= 11 is 12.9. The summed E-state index contributed by atoms with van der Waals surface area (Å²) < 4.78 is 9.80. The Kier molecular flexibility index (Phi) is 4.69. The molecule has 5 rings (SSSR count). The minimum atomic E-state index is -0.928. The summed E-state index contributed by atoms with van der Waals surface area (Å²) in [6.07, 6.45) is 5.94. The van der Waals surface area contributed by atoms with Crippen LogP contribution >= 0.6 is 23.2 Å². The van der Waals surface area contributed by atoms with Crippen LogP contribution in [0.4, 0.5) is 4.79 Å². The van der Waals surface area contributed by atoms with Crippen LogP contribution in [-0.2, 0) is 17.8 Å². The zero-order valence-electron chi connectivity index (χ0n) is 15.6. The standard InChI is InChI=1S/C20H20Cl2N4O3/c21-14-5-4-13-17(12-9-23-26(10-12)16-3-1-2-8-29-16)15-11-24(20(27)28)6-7-25(15)19(13)18(14)22/h4-5,9-10,16H,1-3,6-8,11H2,(H,27,28). The lowest BCUT2D eigenvalue weighted by Gasteiger charge is -2.27. The first-order valence-electron chi connectivity index (χ1n) is 9.67. The Labute approximate surface area is 177 Å². The van der Waals surface area contributed by atoms with Crippen LogP contribution in [0.5, 0.6) is 0 Å². The summed E-state index contributed by atoms with van der Waals surface area (Å²) in [6, 6.07) is 3.73. The molecular formula is C20H20Cl2N4O3. The van der Waals surface area contributed by atoms with E-state index in [1.165, 1.54) is 4.90 Å². The minimum absolute atomic E-state index is 0.0595. The molecule has 4 heterocycles. The molecule has 7 nitrogen and oxygen atoms in total. The summed E-state index contributed by atoms with van der Waals surface area (Å²) in [5, 5.41) is 16.0. The number of carboxylic acid groups (broad SMARTS) is 1. The normalized spacial score (nSPS) is 19.5. The first kappa shape index (κ1) is 18.8. The minimum Gasteiger partial charge on any atom is -0.465 e. The maximum Gasteiger partial charge on any atom is 0.407 e. The molecule has 1 aromatic carbocycles. The quantitative estimate of drug-likeness (QED) is 0.615. The van der Waals surface area contributed by atoms with E-state index in [0.717, 1.165) is 53.6 Å². The van der Waals surface area contributed by atoms with E-state index in [1.54, 1.807) is 6.07 Å². The molecule has 29 heavy (non-hydrogen) atoms. The van der Waals surface area contributed by atoms with Gasteiger partial charge in [0.05, 0.1) is 28.3 Å². The molecule has 1 atom stereocenters. The average molecular weight is 435 g/mol. The molecule has 1 fully saturated rings.